The predicted octanol–water partition coefficient (Wildman–Crippen LogP) is 1.93. The molecule has 0 bridgehead atoms. The van der Waals surface area contributed by atoms with Crippen LogP contribution in [0.4, 0.5) is 10.6 Å². The number of halogens is 1. The maximum atomic E-state index is 10.6. The molecule has 0 aromatic carbocycles. The van der Waals surface area contributed by atoms with Gasteiger partial charge in [0.1, 0.15) is 5.82 Å². The molecule has 6 nitrogen and oxygen atoms in total. The summed E-state index contributed by atoms with van der Waals surface area (Å²) >= 11 is 5.93. The van der Waals surface area contributed by atoms with Gasteiger partial charge in [0, 0.05) is 24.8 Å². The van der Waals surface area contributed by atoms with E-state index >= 15 is 0 Å². The van der Waals surface area contributed by atoms with Crippen LogP contribution in [0.5, 0.6) is 0 Å². The van der Waals surface area contributed by atoms with Crippen molar-refractivity contribution < 1.29 is 9.90 Å². The monoisotopic (exact) mass is 284 g/mol. The van der Waals surface area contributed by atoms with Crippen LogP contribution in [-0.2, 0) is 6.42 Å². The van der Waals surface area contributed by atoms with Crippen LogP contribution in [0.15, 0.2) is 6.07 Å². The molecule has 1 atom stereocenters. The highest BCUT2D eigenvalue weighted by molar-refractivity contribution is 6.28. The molecule has 1 aromatic heterocycles. The highest BCUT2D eigenvalue weighted by Gasteiger charge is 2.25. The summed E-state index contributed by atoms with van der Waals surface area (Å²) < 4.78 is 0. The van der Waals surface area contributed by atoms with E-state index in [-0.39, 0.29) is 11.3 Å². The summed E-state index contributed by atoms with van der Waals surface area (Å²) in [5.41, 5.74) is 0.923. The first-order chi connectivity index (χ1) is 9.08. The molecule has 7 heteroatoms. The molecule has 1 fully saturated rings. The number of hydrogen-bond acceptors (Lipinski definition) is 4. The number of carboxylic acid groups (broad SMARTS) is 1. The Morgan fingerprint density at radius 1 is 1.63 bits per heavy atom. The van der Waals surface area contributed by atoms with Crippen molar-refractivity contribution >= 4 is 23.5 Å². The summed E-state index contributed by atoms with van der Waals surface area (Å²) in [5, 5.41) is 11.5. The van der Waals surface area contributed by atoms with Gasteiger partial charge in [0.05, 0.1) is 6.04 Å². The minimum Gasteiger partial charge on any atom is -0.465 e. The molecule has 1 saturated heterocycles. The van der Waals surface area contributed by atoms with Gasteiger partial charge in [0.2, 0.25) is 5.28 Å². The molecule has 2 rings (SSSR count). The van der Waals surface area contributed by atoms with Crippen molar-refractivity contribution in [3.8, 4) is 0 Å². The minimum atomic E-state index is -0.987. The van der Waals surface area contributed by atoms with Crippen molar-refractivity contribution in [1.82, 2.24) is 15.3 Å². The van der Waals surface area contributed by atoms with Crippen LogP contribution in [0.25, 0.3) is 0 Å². The second-order valence-electron chi connectivity index (χ2n) is 4.62. The lowest BCUT2D eigenvalue weighted by Crippen LogP contribution is -2.36. The zero-order valence-electron chi connectivity index (χ0n) is 10.8. The van der Waals surface area contributed by atoms with E-state index in [1.165, 1.54) is 0 Å². The van der Waals surface area contributed by atoms with Gasteiger partial charge < -0.3 is 15.3 Å². The van der Waals surface area contributed by atoms with Gasteiger partial charge in [-0.2, -0.15) is 0 Å². The number of aryl methyl sites for hydroxylation is 1. The standard InChI is InChI=1S/C12H17ClN4O2/c1-2-3-8-6-10(16-11(13)14-8)17-5-4-9(7-17)15-12(18)19/h6,9,15H,2-5,7H2,1H3,(H,18,19). The van der Waals surface area contributed by atoms with E-state index in [0.29, 0.717) is 6.54 Å². The molecule has 2 heterocycles. The Balaban J connectivity index is 2.08. The third-order valence-electron chi connectivity index (χ3n) is 3.08. The molecule has 0 saturated carbocycles. The third-order valence-corrected chi connectivity index (χ3v) is 3.25. The van der Waals surface area contributed by atoms with Gasteiger partial charge in [-0.25, -0.2) is 14.8 Å². The Kier molecular flexibility index (Phi) is 4.42. The number of carbonyl (C=O) groups is 1. The van der Waals surface area contributed by atoms with E-state index in [4.69, 9.17) is 16.7 Å². The Bertz CT molecular complexity index is 469. The first-order valence-corrected chi connectivity index (χ1v) is 6.74. The lowest BCUT2D eigenvalue weighted by molar-refractivity contribution is 0.191. The van der Waals surface area contributed by atoms with Crippen LogP contribution in [-0.4, -0.2) is 40.3 Å². The van der Waals surface area contributed by atoms with Crippen molar-refractivity contribution in [3.05, 3.63) is 17.0 Å². The normalized spacial score (nSPS) is 18.6. The average molecular weight is 285 g/mol. The fourth-order valence-electron chi connectivity index (χ4n) is 2.26. The number of amides is 1. The maximum Gasteiger partial charge on any atom is 0.404 e. The number of anilines is 1. The summed E-state index contributed by atoms with van der Waals surface area (Å²) in [6, 6.07) is 1.87. The van der Waals surface area contributed by atoms with E-state index < -0.39 is 6.09 Å². The van der Waals surface area contributed by atoms with E-state index in [0.717, 1.165) is 37.3 Å². The number of nitrogens with zero attached hydrogens (tertiary/aromatic N) is 3. The zero-order chi connectivity index (χ0) is 13.8. The molecule has 1 aliphatic rings. The van der Waals surface area contributed by atoms with Crippen molar-refractivity contribution in [2.45, 2.75) is 32.2 Å². The summed E-state index contributed by atoms with van der Waals surface area (Å²) in [6.07, 6.45) is 1.65. The van der Waals surface area contributed by atoms with Crippen LogP contribution in [0.1, 0.15) is 25.5 Å². The van der Waals surface area contributed by atoms with Gasteiger partial charge in [0.25, 0.3) is 0 Å². The number of aromatic nitrogens is 2. The van der Waals surface area contributed by atoms with Gasteiger partial charge in [-0.1, -0.05) is 13.3 Å². The Morgan fingerprint density at radius 3 is 3.11 bits per heavy atom. The Labute approximate surface area is 116 Å². The molecule has 0 aliphatic carbocycles. The molecule has 1 unspecified atom stereocenters. The van der Waals surface area contributed by atoms with E-state index in [1.54, 1.807) is 0 Å². The topological polar surface area (TPSA) is 78.4 Å². The summed E-state index contributed by atoms with van der Waals surface area (Å²) in [7, 11) is 0. The molecular formula is C12H17ClN4O2. The number of rotatable bonds is 4. The molecule has 2 N–H and O–H groups in total. The summed E-state index contributed by atoms with van der Waals surface area (Å²) in [6.45, 7) is 3.47. The van der Waals surface area contributed by atoms with Crippen molar-refractivity contribution in [2.75, 3.05) is 18.0 Å². The average Bonchev–Trinajstić information content (AvgIpc) is 2.76. The lowest BCUT2D eigenvalue weighted by atomic mass is 10.2. The van der Waals surface area contributed by atoms with Crippen molar-refractivity contribution in [3.63, 3.8) is 0 Å². The Hall–Kier alpha value is -1.56. The lowest BCUT2D eigenvalue weighted by Gasteiger charge is -2.18. The Morgan fingerprint density at radius 2 is 2.42 bits per heavy atom. The SMILES string of the molecule is CCCc1cc(N2CCC(NC(=O)O)C2)nc(Cl)n1. The molecule has 1 aromatic rings. The van der Waals surface area contributed by atoms with Crippen molar-refractivity contribution in [1.29, 1.82) is 0 Å². The quantitative estimate of drug-likeness (QED) is 0.826. The fraction of sp³-hybridized carbons (Fsp3) is 0.583. The van der Waals surface area contributed by atoms with E-state index in [9.17, 15) is 4.79 Å². The predicted molar refractivity (Wildman–Crippen MR) is 72.8 cm³/mol. The molecule has 1 amide bonds. The first-order valence-electron chi connectivity index (χ1n) is 6.36. The second-order valence-corrected chi connectivity index (χ2v) is 4.96. The smallest absolute Gasteiger partial charge is 0.404 e. The fourth-order valence-corrected chi connectivity index (χ4v) is 2.45. The second kappa shape index (κ2) is 6.06. The van der Waals surface area contributed by atoms with Crippen LogP contribution < -0.4 is 10.2 Å². The maximum absolute atomic E-state index is 10.6. The zero-order valence-corrected chi connectivity index (χ0v) is 11.5. The molecule has 19 heavy (non-hydrogen) atoms. The number of hydrogen-bond donors (Lipinski definition) is 2. The van der Waals surface area contributed by atoms with Gasteiger partial charge in [-0.3, -0.25) is 0 Å². The summed E-state index contributed by atoms with van der Waals surface area (Å²) in [5.74, 6) is 0.776. The highest BCUT2D eigenvalue weighted by Crippen LogP contribution is 2.21. The minimum absolute atomic E-state index is 0.0548. The van der Waals surface area contributed by atoms with E-state index in [2.05, 4.69) is 22.2 Å². The van der Waals surface area contributed by atoms with Crippen molar-refractivity contribution in [2.24, 2.45) is 0 Å². The van der Waals surface area contributed by atoms with Crippen LogP contribution >= 0.6 is 11.6 Å². The number of nitrogens with one attached hydrogen (secondary N) is 1. The largest absolute Gasteiger partial charge is 0.465 e. The van der Waals surface area contributed by atoms with Crippen LogP contribution in [0, 0.1) is 0 Å². The van der Waals surface area contributed by atoms with Crippen LogP contribution in [0.2, 0.25) is 5.28 Å². The highest BCUT2D eigenvalue weighted by atomic mass is 35.5. The van der Waals surface area contributed by atoms with Gasteiger partial charge in [-0.15, -0.1) is 0 Å². The van der Waals surface area contributed by atoms with Gasteiger partial charge >= 0.3 is 6.09 Å². The molecule has 0 radical (unpaired) electrons. The first kappa shape index (κ1) is 13.9. The molecular weight excluding hydrogens is 268 g/mol. The summed E-state index contributed by atoms with van der Waals surface area (Å²) in [4.78, 5) is 21.0. The molecule has 1 aliphatic heterocycles. The molecule has 0 spiro atoms. The van der Waals surface area contributed by atoms with Gasteiger partial charge in [0.15, 0.2) is 0 Å². The third kappa shape index (κ3) is 3.70. The van der Waals surface area contributed by atoms with Gasteiger partial charge in [-0.05, 0) is 24.4 Å². The van der Waals surface area contributed by atoms with E-state index in [1.807, 2.05) is 11.0 Å². The molecule has 104 valence electrons. The van der Waals surface area contributed by atoms with Crippen LogP contribution in [0.3, 0.4) is 0 Å².